The zero-order valence-electron chi connectivity index (χ0n) is 12.6. The van der Waals surface area contributed by atoms with E-state index in [1.54, 1.807) is 7.11 Å². The average Bonchev–Trinajstić information content (AvgIpc) is 2.47. The van der Waals surface area contributed by atoms with Crippen molar-refractivity contribution in [1.82, 2.24) is 9.97 Å². The van der Waals surface area contributed by atoms with Crippen molar-refractivity contribution in [2.45, 2.75) is 38.5 Å². The van der Waals surface area contributed by atoms with Crippen LogP contribution in [0, 0.1) is 5.92 Å². The normalized spacial score (nSPS) is 16.9. The molecule has 5 heteroatoms. The fraction of sp³-hybridized carbons (Fsp3) is 0.733. The van der Waals surface area contributed by atoms with Gasteiger partial charge in [0.25, 0.3) is 0 Å². The maximum absolute atomic E-state index is 6.07. The van der Waals surface area contributed by atoms with Crippen LogP contribution in [0.1, 0.15) is 44.1 Å². The molecule has 1 aromatic heterocycles. The number of hydrogen-bond donors (Lipinski definition) is 0. The average molecular weight is 298 g/mol. The molecule has 0 aliphatic carbocycles. The van der Waals surface area contributed by atoms with Gasteiger partial charge in [-0.25, -0.2) is 9.97 Å². The molecule has 0 N–H and O–H groups in total. The van der Waals surface area contributed by atoms with Crippen LogP contribution < -0.4 is 4.90 Å². The third-order valence-corrected chi connectivity index (χ3v) is 4.12. The van der Waals surface area contributed by atoms with Gasteiger partial charge in [0.05, 0.1) is 23.5 Å². The van der Waals surface area contributed by atoms with Gasteiger partial charge in [0.15, 0.2) is 0 Å². The van der Waals surface area contributed by atoms with Crippen molar-refractivity contribution in [3.05, 3.63) is 17.7 Å². The first-order chi connectivity index (χ1) is 9.65. The van der Waals surface area contributed by atoms with Crippen LogP contribution in [0.15, 0.2) is 6.20 Å². The fourth-order valence-corrected chi connectivity index (χ4v) is 2.84. The van der Waals surface area contributed by atoms with Gasteiger partial charge in [-0.3, -0.25) is 0 Å². The second kappa shape index (κ2) is 7.23. The van der Waals surface area contributed by atoms with E-state index in [1.165, 1.54) is 0 Å². The first kappa shape index (κ1) is 15.5. The molecule has 1 saturated heterocycles. The monoisotopic (exact) mass is 297 g/mol. The minimum Gasteiger partial charge on any atom is -0.384 e. The van der Waals surface area contributed by atoms with Gasteiger partial charge in [-0.1, -0.05) is 13.8 Å². The summed E-state index contributed by atoms with van der Waals surface area (Å²) < 4.78 is 5.24. The Morgan fingerprint density at radius 3 is 2.65 bits per heavy atom. The van der Waals surface area contributed by atoms with Crippen LogP contribution in [0.3, 0.4) is 0 Å². The van der Waals surface area contributed by atoms with Crippen molar-refractivity contribution in [3.8, 4) is 0 Å². The van der Waals surface area contributed by atoms with E-state index in [2.05, 4.69) is 28.7 Å². The predicted octanol–water partition coefficient (Wildman–Crippen LogP) is 3.20. The molecule has 0 spiro atoms. The lowest BCUT2D eigenvalue weighted by Gasteiger charge is -2.34. The predicted molar refractivity (Wildman–Crippen MR) is 82.5 cm³/mol. The van der Waals surface area contributed by atoms with Gasteiger partial charge in [-0.05, 0) is 18.8 Å². The van der Waals surface area contributed by atoms with Gasteiger partial charge in [-0.2, -0.15) is 0 Å². The number of halogens is 1. The standard InChI is InChI=1S/C15H24ClN3O/c1-11(2)15-17-9-14(13(8-16)18-15)19-6-4-12(5-7-19)10-20-3/h9,11-12H,4-8,10H2,1-3H3. The summed E-state index contributed by atoms with van der Waals surface area (Å²) in [5.41, 5.74) is 2.05. The molecule has 0 aromatic carbocycles. The molecule has 2 heterocycles. The minimum absolute atomic E-state index is 0.332. The van der Waals surface area contributed by atoms with Crippen LogP contribution in [-0.4, -0.2) is 36.8 Å². The van der Waals surface area contributed by atoms with Crippen LogP contribution in [-0.2, 0) is 10.6 Å². The number of aromatic nitrogens is 2. The van der Waals surface area contributed by atoms with E-state index >= 15 is 0 Å². The molecule has 1 aromatic rings. The maximum atomic E-state index is 6.07. The molecule has 1 aliphatic rings. The van der Waals surface area contributed by atoms with Crippen molar-refractivity contribution in [2.24, 2.45) is 5.92 Å². The highest BCUT2D eigenvalue weighted by Crippen LogP contribution is 2.27. The number of anilines is 1. The lowest BCUT2D eigenvalue weighted by atomic mass is 9.97. The molecule has 112 valence electrons. The van der Waals surface area contributed by atoms with Crippen LogP contribution >= 0.6 is 11.6 Å². The highest BCUT2D eigenvalue weighted by Gasteiger charge is 2.22. The molecule has 0 bridgehead atoms. The minimum atomic E-state index is 0.332. The largest absolute Gasteiger partial charge is 0.384 e. The van der Waals surface area contributed by atoms with E-state index in [0.717, 1.165) is 49.7 Å². The summed E-state index contributed by atoms with van der Waals surface area (Å²) in [6.45, 7) is 7.12. The number of piperidine rings is 1. The highest BCUT2D eigenvalue weighted by molar-refractivity contribution is 6.17. The lowest BCUT2D eigenvalue weighted by molar-refractivity contribution is 0.139. The summed E-state index contributed by atoms with van der Waals surface area (Å²) in [6, 6.07) is 0. The maximum Gasteiger partial charge on any atom is 0.131 e. The van der Waals surface area contributed by atoms with Crippen molar-refractivity contribution in [1.29, 1.82) is 0 Å². The Balaban J connectivity index is 2.09. The Labute approximate surface area is 126 Å². The smallest absolute Gasteiger partial charge is 0.131 e. The first-order valence-electron chi connectivity index (χ1n) is 7.31. The van der Waals surface area contributed by atoms with Gasteiger partial charge in [0.1, 0.15) is 5.82 Å². The summed E-state index contributed by atoms with van der Waals surface area (Å²) in [5, 5.41) is 0. The number of hydrogen-bond acceptors (Lipinski definition) is 4. The zero-order valence-corrected chi connectivity index (χ0v) is 13.4. The van der Waals surface area contributed by atoms with Gasteiger partial charge in [0.2, 0.25) is 0 Å². The van der Waals surface area contributed by atoms with Crippen molar-refractivity contribution in [3.63, 3.8) is 0 Å². The first-order valence-corrected chi connectivity index (χ1v) is 7.84. The van der Waals surface area contributed by atoms with Crippen LogP contribution in [0.5, 0.6) is 0 Å². The number of alkyl halides is 1. The molecule has 20 heavy (non-hydrogen) atoms. The van der Waals surface area contributed by atoms with E-state index < -0.39 is 0 Å². The summed E-state index contributed by atoms with van der Waals surface area (Å²) in [5.74, 6) is 2.32. The summed E-state index contributed by atoms with van der Waals surface area (Å²) in [7, 11) is 1.77. The van der Waals surface area contributed by atoms with E-state index in [9.17, 15) is 0 Å². The molecular weight excluding hydrogens is 274 g/mol. The van der Waals surface area contributed by atoms with Gasteiger partial charge < -0.3 is 9.64 Å². The van der Waals surface area contributed by atoms with E-state index in [1.807, 2.05) is 6.20 Å². The van der Waals surface area contributed by atoms with E-state index in [0.29, 0.717) is 17.7 Å². The summed E-state index contributed by atoms with van der Waals surface area (Å²) in [6.07, 6.45) is 4.25. The van der Waals surface area contributed by atoms with Gasteiger partial charge >= 0.3 is 0 Å². The van der Waals surface area contributed by atoms with Crippen molar-refractivity contribution >= 4 is 17.3 Å². The Morgan fingerprint density at radius 1 is 1.40 bits per heavy atom. The lowest BCUT2D eigenvalue weighted by Crippen LogP contribution is -2.35. The molecule has 0 amide bonds. The van der Waals surface area contributed by atoms with E-state index in [-0.39, 0.29) is 0 Å². The molecule has 1 fully saturated rings. The summed E-state index contributed by atoms with van der Waals surface area (Å²) in [4.78, 5) is 11.4. The Bertz CT molecular complexity index is 431. The second-order valence-electron chi connectivity index (χ2n) is 5.73. The Kier molecular flexibility index (Phi) is 5.61. The van der Waals surface area contributed by atoms with Crippen LogP contribution in [0.25, 0.3) is 0 Å². The van der Waals surface area contributed by atoms with Crippen LogP contribution in [0.2, 0.25) is 0 Å². The second-order valence-corrected chi connectivity index (χ2v) is 6.00. The quantitative estimate of drug-likeness (QED) is 0.782. The molecule has 0 saturated carbocycles. The Hall–Kier alpha value is -0.870. The molecule has 2 rings (SSSR count). The molecule has 0 radical (unpaired) electrons. The number of nitrogens with zero attached hydrogens (tertiary/aromatic N) is 3. The third-order valence-electron chi connectivity index (χ3n) is 3.86. The Morgan fingerprint density at radius 2 is 2.10 bits per heavy atom. The molecular formula is C15H24ClN3O. The fourth-order valence-electron chi connectivity index (χ4n) is 2.64. The topological polar surface area (TPSA) is 38.2 Å². The zero-order chi connectivity index (χ0) is 14.5. The van der Waals surface area contributed by atoms with Gasteiger partial charge in [0, 0.05) is 32.7 Å². The van der Waals surface area contributed by atoms with Crippen molar-refractivity contribution < 1.29 is 4.74 Å². The molecule has 1 aliphatic heterocycles. The summed E-state index contributed by atoms with van der Waals surface area (Å²) >= 11 is 6.07. The van der Waals surface area contributed by atoms with Gasteiger partial charge in [-0.15, -0.1) is 11.6 Å². The molecule has 4 nitrogen and oxygen atoms in total. The number of ether oxygens (including phenoxy) is 1. The van der Waals surface area contributed by atoms with E-state index in [4.69, 9.17) is 16.3 Å². The third kappa shape index (κ3) is 3.61. The number of methoxy groups -OCH3 is 1. The highest BCUT2D eigenvalue weighted by atomic mass is 35.5. The molecule has 0 unspecified atom stereocenters. The van der Waals surface area contributed by atoms with Crippen LogP contribution in [0.4, 0.5) is 5.69 Å². The van der Waals surface area contributed by atoms with Crippen molar-refractivity contribution in [2.75, 3.05) is 31.7 Å². The molecule has 0 atom stereocenters. The number of rotatable bonds is 5. The SMILES string of the molecule is COCC1CCN(c2cnc(C(C)C)nc2CCl)CC1.